The van der Waals surface area contributed by atoms with Gasteiger partial charge in [0, 0.05) is 27.6 Å². The van der Waals surface area contributed by atoms with Crippen molar-refractivity contribution in [2.24, 2.45) is 0 Å². The number of aromatic nitrogens is 3. The normalized spacial score (nSPS) is 13.8. The van der Waals surface area contributed by atoms with Crippen molar-refractivity contribution in [3.05, 3.63) is 139 Å². The molecule has 6 aromatic carbocycles. The molecule has 0 saturated heterocycles. The lowest BCUT2D eigenvalue weighted by molar-refractivity contribution is 0.661. The molecule has 8 aromatic rings. The highest BCUT2D eigenvalue weighted by atomic mass is 15.1. The molecule has 3 heteroatoms. The van der Waals surface area contributed by atoms with E-state index in [2.05, 4.69) is 138 Å². The average Bonchev–Trinajstić information content (AvgIpc) is 3.66. The van der Waals surface area contributed by atoms with Gasteiger partial charge in [-0.2, -0.15) is 0 Å². The Balaban J connectivity index is 1.32. The molecule has 41 heavy (non-hydrogen) atoms. The molecule has 194 valence electrons. The molecule has 0 fully saturated rings. The second kappa shape index (κ2) is 7.96. The smallest absolute Gasteiger partial charge is 0.100 e. The summed E-state index contributed by atoms with van der Waals surface area (Å²) in [6, 6.07) is 44.1. The quantitative estimate of drug-likeness (QED) is 0.220. The average molecular weight is 526 g/mol. The molecule has 0 atom stereocenters. The molecule has 0 saturated carbocycles. The molecule has 0 bridgehead atoms. The van der Waals surface area contributed by atoms with E-state index >= 15 is 0 Å². The van der Waals surface area contributed by atoms with Crippen molar-refractivity contribution in [2.75, 3.05) is 0 Å². The number of hydrogen-bond acceptors (Lipinski definition) is 1. The molecule has 0 amide bonds. The van der Waals surface area contributed by atoms with Gasteiger partial charge in [0.15, 0.2) is 0 Å². The van der Waals surface area contributed by atoms with Crippen molar-refractivity contribution in [3.8, 4) is 22.5 Å². The molecule has 0 unspecified atom stereocenters. The van der Waals surface area contributed by atoms with E-state index in [4.69, 9.17) is 4.98 Å². The molecular formula is C38H27N3. The summed E-state index contributed by atoms with van der Waals surface area (Å²) in [6.07, 6.45) is 1.92. The minimum atomic E-state index is -0.0123. The highest BCUT2D eigenvalue weighted by molar-refractivity contribution is 6.24. The Morgan fingerprint density at radius 3 is 2.22 bits per heavy atom. The zero-order chi connectivity index (χ0) is 27.3. The Morgan fingerprint density at radius 1 is 0.561 bits per heavy atom. The zero-order valence-corrected chi connectivity index (χ0v) is 23.0. The van der Waals surface area contributed by atoms with Crippen molar-refractivity contribution < 1.29 is 0 Å². The minimum absolute atomic E-state index is 0.0123. The number of fused-ring (bicyclic) bond motifs is 10. The number of benzene rings is 6. The SMILES string of the molecule is CC1(C)c2ccccc2-c2c1ccc1c2ccc2c1c1ccccc1n2-c1ccc2c(c1)ncn2-c1ccccc1. The maximum Gasteiger partial charge on any atom is 0.100 e. The van der Waals surface area contributed by atoms with Gasteiger partial charge in [-0.3, -0.25) is 4.57 Å². The maximum atomic E-state index is 4.80. The van der Waals surface area contributed by atoms with Gasteiger partial charge >= 0.3 is 0 Å². The van der Waals surface area contributed by atoms with Gasteiger partial charge in [-0.1, -0.05) is 92.7 Å². The fourth-order valence-electron chi connectivity index (χ4n) is 7.29. The Labute approximate surface area is 237 Å². The third kappa shape index (κ3) is 2.95. The monoisotopic (exact) mass is 525 g/mol. The molecular weight excluding hydrogens is 498 g/mol. The van der Waals surface area contributed by atoms with Crippen LogP contribution in [0.2, 0.25) is 0 Å². The van der Waals surface area contributed by atoms with Crippen LogP contribution in [0.1, 0.15) is 25.0 Å². The molecule has 1 aliphatic carbocycles. The molecule has 9 rings (SSSR count). The fraction of sp³-hybridized carbons (Fsp3) is 0.0789. The topological polar surface area (TPSA) is 22.8 Å². The van der Waals surface area contributed by atoms with Gasteiger partial charge in [0.1, 0.15) is 6.33 Å². The van der Waals surface area contributed by atoms with Gasteiger partial charge in [0.25, 0.3) is 0 Å². The van der Waals surface area contributed by atoms with Crippen LogP contribution in [0.5, 0.6) is 0 Å². The van der Waals surface area contributed by atoms with E-state index in [1.165, 1.54) is 54.8 Å². The van der Waals surface area contributed by atoms with Crippen LogP contribution < -0.4 is 0 Å². The van der Waals surface area contributed by atoms with Gasteiger partial charge in [0.2, 0.25) is 0 Å². The minimum Gasteiger partial charge on any atom is -0.309 e. The van der Waals surface area contributed by atoms with Gasteiger partial charge in [-0.25, -0.2) is 4.98 Å². The van der Waals surface area contributed by atoms with E-state index in [1.54, 1.807) is 0 Å². The van der Waals surface area contributed by atoms with Crippen LogP contribution in [0.4, 0.5) is 0 Å². The second-order valence-electron chi connectivity index (χ2n) is 11.7. The van der Waals surface area contributed by atoms with Crippen LogP contribution in [0.15, 0.2) is 128 Å². The summed E-state index contributed by atoms with van der Waals surface area (Å²) in [7, 11) is 0. The summed E-state index contributed by atoms with van der Waals surface area (Å²) in [4.78, 5) is 4.80. The molecule has 0 N–H and O–H groups in total. The van der Waals surface area contributed by atoms with Crippen LogP contribution in [0.25, 0.3) is 66.1 Å². The van der Waals surface area contributed by atoms with Gasteiger partial charge in [-0.05, 0) is 75.5 Å². The summed E-state index contributed by atoms with van der Waals surface area (Å²) in [5, 5.41) is 5.21. The van der Waals surface area contributed by atoms with Gasteiger partial charge in [0.05, 0.1) is 22.1 Å². The first-order valence-corrected chi connectivity index (χ1v) is 14.2. The first-order valence-electron chi connectivity index (χ1n) is 14.2. The van der Waals surface area contributed by atoms with E-state index in [0.717, 1.165) is 22.4 Å². The third-order valence-electron chi connectivity index (χ3n) is 9.20. The van der Waals surface area contributed by atoms with Crippen LogP contribution in [0, 0.1) is 0 Å². The summed E-state index contributed by atoms with van der Waals surface area (Å²) < 4.78 is 4.55. The Bertz CT molecular complexity index is 2330. The van der Waals surface area contributed by atoms with Gasteiger partial charge < -0.3 is 4.57 Å². The third-order valence-corrected chi connectivity index (χ3v) is 9.20. The highest BCUT2D eigenvalue weighted by Gasteiger charge is 2.36. The predicted molar refractivity (Wildman–Crippen MR) is 170 cm³/mol. The second-order valence-corrected chi connectivity index (χ2v) is 11.7. The van der Waals surface area contributed by atoms with Crippen molar-refractivity contribution in [1.82, 2.24) is 14.1 Å². The van der Waals surface area contributed by atoms with Crippen molar-refractivity contribution >= 4 is 43.6 Å². The predicted octanol–water partition coefficient (Wildman–Crippen LogP) is 9.58. The maximum absolute atomic E-state index is 4.80. The van der Waals surface area contributed by atoms with Crippen LogP contribution in [-0.2, 0) is 5.41 Å². The fourth-order valence-corrected chi connectivity index (χ4v) is 7.29. The molecule has 0 radical (unpaired) electrons. The Hall–Kier alpha value is -5.15. The van der Waals surface area contributed by atoms with Crippen LogP contribution in [-0.4, -0.2) is 14.1 Å². The molecule has 3 nitrogen and oxygen atoms in total. The Morgan fingerprint density at radius 2 is 1.32 bits per heavy atom. The largest absolute Gasteiger partial charge is 0.309 e. The van der Waals surface area contributed by atoms with E-state index in [1.807, 2.05) is 12.4 Å². The van der Waals surface area contributed by atoms with Crippen molar-refractivity contribution in [2.45, 2.75) is 19.3 Å². The molecule has 1 aliphatic rings. The number of imidazole rings is 1. The molecule has 2 heterocycles. The molecule has 2 aromatic heterocycles. The molecule has 0 aliphatic heterocycles. The summed E-state index contributed by atoms with van der Waals surface area (Å²) >= 11 is 0. The van der Waals surface area contributed by atoms with Crippen LogP contribution in [0.3, 0.4) is 0 Å². The van der Waals surface area contributed by atoms with Crippen LogP contribution >= 0.6 is 0 Å². The summed E-state index contributed by atoms with van der Waals surface area (Å²) in [5.41, 5.74) is 12.3. The van der Waals surface area contributed by atoms with E-state index in [0.29, 0.717) is 0 Å². The van der Waals surface area contributed by atoms with Crippen molar-refractivity contribution in [1.29, 1.82) is 0 Å². The zero-order valence-electron chi connectivity index (χ0n) is 23.0. The number of nitrogens with zero attached hydrogens (tertiary/aromatic N) is 3. The van der Waals surface area contributed by atoms with E-state index in [9.17, 15) is 0 Å². The Kier molecular flexibility index (Phi) is 4.39. The van der Waals surface area contributed by atoms with E-state index in [-0.39, 0.29) is 5.41 Å². The summed E-state index contributed by atoms with van der Waals surface area (Å²) in [6.45, 7) is 4.70. The van der Waals surface area contributed by atoms with Crippen molar-refractivity contribution in [3.63, 3.8) is 0 Å². The first-order chi connectivity index (χ1) is 20.1. The number of para-hydroxylation sites is 2. The lowest BCUT2D eigenvalue weighted by Gasteiger charge is -2.21. The lowest BCUT2D eigenvalue weighted by Crippen LogP contribution is -2.14. The van der Waals surface area contributed by atoms with E-state index < -0.39 is 0 Å². The van der Waals surface area contributed by atoms with Gasteiger partial charge in [-0.15, -0.1) is 0 Å². The lowest BCUT2D eigenvalue weighted by atomic mass is 9.82. The molecule has 0 spiro atoms. The highest BCUT2D eigenvalue weighted by Crippen LogP contribution is 2.52. The first kappa shape index (κ1) is 22.6. The standard InChI is InChI=1S/C38H27N3/c1-38(2)30-14-8-6-12-28(30)36-26-18-21-35-37(27(26)17-19-31(36)38)29-13-7-9-15-33(29)41(35)25-16-20-34-32(22-25)39-23-40(34)24-10-4-3-5-11-24/h3-23H,1-2H3. The number of rotatable bonds is 2. The number of hydrogen-bond donors (Lipinski definition) is 0. The summed E-state index contributed by atoms with van der Waals surface area (Å²) in [5.74, 6) is 0.